The lowest BCUT2D eigenvalue weighted by Gasteiger charge is -2.16. The second-order valence-corrected chi connectivity index (χ2v) is 5.91. The first kappa shape index (κ1) is 12.8. The van der Waals surface area contributed by atoms with E-state index in [1.807, 2.05) is 0 Å². The highest BCUT2D eigenvalue weighted by atomic mass is 15.4. The highest BCUT2D eigenvalue weighted by Gasteiger charge is 2.16. The van der Waals surface area contributed by atoms with Crippen molar-refractivity contribution in [1.29, 1.82) is 0 Å². The number of nitrogens with zero attached hydrogens (tertiary/aromatic N) is 3. The van der Waals surface area contributed by atoms with Crippen molar-refractivity contribution in [2.45, 2.75) is 25.7 Å². The minimum atomic E-state index is 0.828. The van der Waals surface area contributed by atoms with E-state index in [9.17, 15) is 0 Å². The number of benzene rings is 1. The zero-order valence-electron chi connectivity index (χ0n) is 12.2. The summed E-state index contributed by atoms with van der Waals surface area (Å²) in [5.74, 6) is 1.71. The summed E-state index contributed by atoms with van der Waals surface area (Å²) in [7, 11) is 0. The lowest BCUT2D eigenvalue weighted by Crippen LogP contribution is -2.28. The summed E-state index contributed by atoms with van der Waals surface area (Å²) in [6.07, 6.45) is 4.84. The predicted molar refractivity (Wildman–Crippen MR) is 83.5 cm³/mol. The molecule has 2 heterocycles. The molecule has 2 N–H and O–H groups in total. The molecule has 0 amide bonds. The Kier molecular flexibility index (Phi) is 3.35. The van der Waals surface area contributed by atoms with Gasteiger partial charge in [-0.1, -0.05) is 12.1 Å². The maximum absolute atomic E-state index is 4.70. The van der Waals surface area contributed by atoms with Crippen molar-refractivity contribution in [2.75, 3.05) is 31.1 Å². The number of aromatic amines is 1. The molecule has 0 unspecified atom stereocenters. The fourth-order valence-electron chi connectivity index (χ4n) is 3.29. The average Bonchev–Trinajstić information content (AvgIpc) is 3.10. The Hall–Kier alpha value is -1.88. The van der Waals surface area contributed by atoms with Crippen LogP contribution in [0.25, 0.3) is 11.4 Å². The molecule has 0 saturated carbocycles. The molecule has 5 heteroatoms. The van der Waals surface area contributed by atoms with Gasteiger partial charge in [0.05, 0.1) is 0 Å². The molecular weight excluding hydrogens is 262 g/mol. The van der Waals surface area contributed by atoms with Crippen molar-refractivity contribution >= 4 is 5.95 Å². The molecule has 21 heavy (non-hydrogen) atoms. The fourth-order valence-corrected chi connectivity index (χ4v) is 3.29. The Morgan fingerprint density at radius 1 is 1.00 bits per heavy atom. The maximum Gasteiger partial charge on any atom is 0.245 e. The largest absolute Gasteiger partial charge is 0.338 e. The summed E-state index contributed by atoms with van der Waals surface area (Å²) in [4.78, 5) is 6.96. The Bertz CT molecular complexity index is 625. The first-order valence-electron chi connectivity index (χ1n) is 7.90. The van der Waals surface area contributed by atoms with Crippen LogP contribution in [0.5, 0.6) is 0 Å². The number of hydrogen-bond donors (Lipinski definition) is 2. The molecule has 2 aliphatic rings. The van der Waals surface area contributed by atoms with Crippen molar-refractivity contribution in [2.24, 2.45) is 0 Å². The number of rotatable bonds is 2. The van der Waals surface area contributed by atoms with E-state index in [1.54, 1.807) is 0 Å². The van der Waals surface area contributed by atoms with E-state index in [1.165, 1.54) is 30.4 Å². The van der Waals surface area contributed by atoms with Gasteiger partial charge in [0.1, 0.15) is 0 Å². The van der Waals surface area contributed by atoms with Gasteiger partial charge in [-0.3, -0.25) is 5.10 Å². The number of nitrogens with one attached hydrogen (secondary N) is 2. The van der Waals surface area contributed by atoms with Gasteiger partial charge in [0.15, 0.2) is 5.82 Å². The number of aryl methyl sites for hydroxylation is 2. The second kappa shape index (κ2) is 5.48. The summed E-state index contributed by atoms with van der Waals surface area (Å²) < 4.78 is 0. The monoisotopic (exact) mass is 283 g/mol. The van der Waals surface area contributed by atoms with E-state index in [0.29, 0.717) is 0 Å². The molecule has 1 saturated heterocycles. The average molecular weight is 283 g/mol. The first-order chi connectivity index (χ1) is 10.4. The molecule has 1 fully saturated rings. The highest BCUT2D eigenvalue weighted by molar-refractivity contribution is 5.59. The third kappa shape index (κ3) is 2.53. The Balaban J connectivity index is 1.59. The Morgan fingerprint density at radius 2 is 1.95 bits per heavy atom. The highest BCUT2D eigenvalue weighted by Crippen LogP contribution is 2.27. The van der Waals surface area contributed by atoms with Crippen LogP contribution in [0.1, 0.15) is 24.0 Å². The topological polar surface area (TPSA) is 56.8 Å². The van der Waals surface area contributed by atoms with Gasteiger partial charge in [-0.15, -0.1) is 5.10 Å². The van der Waals surface area contributed by atoms with Gasteiger partial charge in [0.25, 0.3) is 0 Å². The number of anilines is 1. The first-order valence-corrected chi connectivity index (χ1v) is 7.90. The zero-order valence-corrected chi connectivity index (χ0v) is 12.2. The van der Waals surface area contributed by atoms with Crippen molar-refractivity contribution in [3.05, 3.63) is 29.3 Å². The van der Waals surface area contributed by atoms with E-state index in [-0.39, 0.29) is 0 Å². The molecule has 110 valence electrons. The van der Waals surface area contributed by atoms with Gasteiger partial charge in [-0.2, -0.15) is 4.98 Å². The van der Waals surface area contributed by atoms with Gasteiger partial charge >= 0.3 is 0 Å². The van der Waals surface area contributed by atoms with E-state index < -0.39 is 0 Å². The predicted octanol–water partition coefficient (Wildman–Crippen LogP) is 1.76. The molecular formula is C16H21N5. The van der Waals surface area contributed by atoms with Gasteiger partial charge < -0.3 is 10.2 Å². The summed E-state index contributed by atoms with van der Waals surface area (Å²) in [5.41, 5.74) is 4.13. The number of fused-ring (bicyclic) bond motifs is 1. The molecule has 4 rings (SSSR count). The minimum absolute atomic E-state index is 0.828. The zero-order chi connectivity index (χ0) is 14.1. The summed E-state index contributed by atoms with van der Waals surface area (Å²) in [6, 6.07) is 6.69. The van der Waals surface area contributed by atoms with Crippen LogP contribution in [-0.2, 0) is 12.8 Å². The standard InChI is InChI=1S/C16H21N5/c1-3-12-5-6-14(11-13(12)4-1)15-18-16(20-19-15)21-9-2-7-17-8-10-21/h5-6,11,17H,1-4,7-10H2,(H,18,19,20). The van der Waals surface area contributed by atoms with Crippen LogP contribution < -0.4 is 10.2 Å². The fraction of sp³-hybridized carbons (Fsp3) is 0.500. The minimum Gasteiger partial charge on any atom is -0.338 e. The SMILES string of the molecule is c1cc2c(cc1-c1nc(N3CCCNCC3)n[nH]1)CCC2. The van der Waals surface area contributed by atoms with Crippen molar-refractivity contribution in [1.82, 2.24) is 20.5 Å². The molecule has 1 aliphatic heterocycles. The number of hydrogen-bond acceptors (Lipinski definition) is 4. The van der Waals surface area contributed by atoms with Gasteiger partial charge in [-0.05, 0) is 49.4 Å². The molecule has 1 aromatic carbocycles. The van der Waals surface area contributed by atoms with Crippen LogP contribution in [-0.4, -0.2) is 41.4 Å². The third-order valence-corrected chi connectivity index (χ3v) is 4.47. The van der Waals surface area contributed by atoms with E-state index in [2.05, 4.69) is 38.6 Å². The van der Waals surface area contributed by atoms with E-state index >= 15 is 0 Å². The van der Waals surface area contributed by atoms with E-state index in [4.69, 9.17) is 4.98 Å². The molecule has 1 aromatic heterocycles. The second-order valence-electron chi connectivity index (χ2n) is 5.91. The van der Waals surface area contributed by atoms with Crippen LogP contribution in [0.4, 0.5) is 5.95 Å². The van der Waals surface area contributed by atoms with Crippen molar-refractivity contribution in [3.8, 4) is 11.4 Å². The van der Waals surface area contributed by atoms with Crippen LogP contribution in [0.15, 0.2) is 18.2 Å². The molecule has 0 spiro atoms. The number of aromatic nitrogens is 3. The van der Waals surface area contributed by atoms with Gasteiger partial charge in [-0.25, -0.2) is 0 Å². The van der Waals surface area contributed by atoms with Crippen molar-refractivity contribution < 1.29 is 0 Å². The Labute approximate surface area is 124 Å². The van der Waals surface area contributed by atoms with Crippen molar-refractivity contribution in [3.63, 3.8) is 0 Å². The molecule has 5 nitrogen and oxygen atoms in total. The Morgan fingerprint density at radius 3 is 2.95 bits per heavy atom. The number of H-pyrrole nitrogens is 1. The summed E-state index contributed by atoms with van der Waals surface area (Å²) in [5, 5.41) is 10.9. The molecule has 0 radical (unpaired) electrons. The van der Waals surface area contributed by atoms with Crippen LogP contribution in [0, 0.1) is 0 Å². The molecule has 2 aromatic rings. The van der Waals surface area contributed by atoms with Gasteiger partial charge in [0.2, 0.25) is 5.95 Å². The lowest BCUT2D eigenvalue weighted by atomic mass is 10.1. The smallest absolute Gasteiger partial charge is 0.245 e. The third-order valence-electron chi connectivity index (χ3n) is 4.47. The van der Waals surface area contributed by atoms with Crippen LogP contribution in [0.3, 0.4) is 0 Å². The van der Waals surface area contributed by atoms with Gasteiger partial charge in [0, 0.05) is 25.2 Å². The molecule has 1 aliphatic carbocycles. The molecule has 0 atom stereocenters. The summed E-state index contributed by atoms with van der Waals surface area (Å²) >= 11 is 0. The maximum atomic E-state index is 4.70. The lowest BCUT2D eigenvalue weighted by molar-refractivity contribution is 0.724. The van der Waals surface area contributed by atoms with Crippen LogP contribution in [0.2, 0.25) is 0 Å². The molecule has 0 bridgehead atoms. The van der Waals surface area contributed by atoms with E-state index in [0.717, 1.165) is 49.9 Å². The quantitative estimate of drug-likeness (QED) is 0.882. The van der Waals surface area contributed by atoms with Crippen LogP contribution >= 0.6 is 0 Å². The summed E-state index contributed by atoms with van der Waals surface area (Å²) in [6.45, 7) is 4.08. The normalized spacial score (nSPS) is 18.6.